The molecule has 0 saturated heterocycles. The fraction of sp³-hybridized carbons (Fsp3) is 0. The van der Waals surface area contributed by atoms with Crippen LogP contribution in [0.2, 0.25) is 0 Å². The summed E-state index contributed by atoms with van der Waals surface area (Å²) >= 11 is 0. The Hall–Kier alpha value is -0.960. The van der Waals surface area contributed by atoms with E-state index in [9.17, 15) is 0 Å². The van der Waals surface area contributed by atoms with E-state index >= 15 is 0 Å². The van der Waals surface area contributed by atoms with Crippen LogP contribution in [0.4, 0.5) is 0 Å². The molecule has 0 aromatic rings. The van der Waals surface area contributed by atoms with E-state index in [-0.39, 0.29) is 12.3 Å². The predicted molar refractivity (Wildman–Crippen MR) is 29.8 cm³/mol. The summed E-state index contributed by atoms with van der Waals surface area (Å²) in [5, 5.41) is 0. The zero-order valence-corrected chi connectivity index (χ0v) is 3.72. The molecule has 6 N–H and O–H groups in total. The topological polar surface area (TPSA) is 70.0 Å². The molecule has 0 unspecified atom stereocenters. The first kappa shape index (κ1) is 76.1. The van der Waals surface area contributed by atoms with E-state index < -0.39 is 0 Å². The zero-order chi connectivity index (χ0) is 4.00. The van der Waals surface area contributed by atoms with Gasteiger partial charge in [-0.05, 0) is 0 Å². The Morgan fingerprint density at radius 2 is 0.500 bits per heavy atom. The molecule has 0 aliphatic rings. The van der Waals surface area contributed by atoms with Crippen LogP contribution in [-0.2, 0) is 0 Å². The molecule has 0 radical (unpaired) electrons. The summed E-state index contributed by atoms with van der Waals surface area (Å²) in [6.45, 7) is 0. The predicted octanol–water partition coefficient (Wildman–Crippen LogP) is 0.823. The number of rotatable bonds is 0. The Bertz CT molecular complexity index is 21.0. The minimum absolute atomic E-state index is 0. The molecule has 0 rings (SSSR count). The van der Waals surface area contributed by atoms with Crippen LogP contribution < -0.4 is 12.3 Å². The molecule has 0 fully saturated rings. The Kier molecular flexibility index (Phi) is 514. The first-order valence-electron chi connectivity index (χ1n) is 0.667. The summed E-state index contributed by atoms with van der Waals surface area (Å²) in [7, 11) is 0. The van der Waals surface area contributed by atoms with Crippen LogP contribution in [0.3, 0.4) is 0 Å². The maximum Gasteiger partial charge on any atom is -0.124 e. The Morgan fingerprint density at radius 3 is 0.500 bits per heavy atom. The second-order valence-electron chi connectivity index (χ2n) is 0. The number of hydrogen-bond acceptors (Lipinski definition) is 2. The first-order valence-corrected chi connectivity index (χ1v) is 0.667. The van der Waals surface area contributed by atoms with Gasteiger partial charge in [-0.2, -0.15) is 0 Å². The smallest absolute Gasteiger partial charge is 0.124 e. The highest BCUT2D eigenvalue weighted by atomic mass is 14.0. The summed E-state index contributed by atoms with van der Waals surface area (Å²) in [6, 6.07) is 0. The van der Waals surface area contributed by atoms with Crippen LogP contribution in [-0.4, -0.2) is 0 Å². The van der Waals surface area contributed by atoms with Crippen molar-refractivity contribution in [1.82, 2.24) is 12.3 Å². The lowest BCUT2D eigenvalue weighted by Crippen LogP contribution is -0.576. The van der Waals surface area contributed by atoms with Gasteiger partial charge in [0.2, 0.25) is 0 Å². The van der Waals surface area contributed by atoms with Gasteiger partial charge in [0.05, 0.1) is 0 Å². The summed E-state index contributed by atoms with van der Waals surface area (Å²) in [5.74, 6) is 0. The van der Waals surface area contributed by atoms with E-state index in [1.54, 1.807) is 0 Å². The van der Waals surface area contributed by atoms with Gasteiger partial charge in [-0.1, -0.05) is 0 Å². The van der Waals surface area contributed by atoms with Crippen molar-refractivity contribution < 1.29 is 0 Å². The van der Waals surface area contributed by atoms with Gasteiger partial charge in [0, 0.05) is 0 Å². The van der Waals surface area contributed by atoms with Gasteiger partial charge in [0.1, 0.15) is 0 Å². The molecule has 0 aliphatic carbocycles. The minimum atomic E-state index is 0. The quantitative estimate of drug-likeness (QED) is 0.428. The van der Waals surface area contributed by atoms with Crippen molar-refractivity contribution in [2.75, 3.05) is 0 Å². The summed E-state index contributed by atoms with van der Waals surface area (Å²) < 4.78 is 0. The molecule has 6 heavy (non-hydrogen) atoms. The molecule has 0 saturated carbocycles. The Labute approximate surface area is 39.1 Å². The third kappa shape index (κ3) is 13.7. The fourth-order valence-electron chi connectivity index (χ4n) is 0. The van der Waals surface area contributed by atoms with Crippen LogP contribution in [0.25, 0.3) is 0 Å². The first-order chi connectivity index (χ1) is 2.00. The highest BCUT2D eigenvalue weighted by Gasteiger charge is 0.456. The van der Waals surface area contributed by atoms with Crippen LogP contribution in [0.1, 0.15) is 0 Å². The second-order valence-corrected chi connectivity index (χ2v) is 0. The van der Waals surface area contributed by atoms with Gasteiger partial charge in [0.25, 0.3) is 0 Å². The average Bonchev–Trinajstić information content (AvgIpc) is 1.50. The van der Waals surface area contributed by atoms with Gasteiger partial charge in [0.15, 0.2) is 0 Å². The van der Waals surface area contributed by atoms with Gasteiger partial charge in [-0.25, -0.2) is 0 Å². The lowest BCUT2D eigenvalue weighted by Gasteiger charge is -0.701. The molecule has 0 bridgehead atoms. The largest absolute Gasteiger partial charge is 0.344 e. The van der Waals surface area contributed by atoms with Gasteiger partial charge in [-0.3, -0.25) is 0 Å². The van der Waals surface area contributed by atoms with Crippen LogP contribution in [0, 0.1) is 25.7 Å². The third-order valence-electron chi connectivity index (χ3n) is 0. The molecule has 0 aromatic carbocycles. The standard InChI is InChI=1S/2C2H2.2H3N/c2*1-2;;/h2*1-2H;2*1H3. The van der Waals surface area contributed by atoms with Crippen LogP contribution in [0.15, 0.2) is 0 Å². The molecular weight excluding hydrogens is 76.1 g/mol. The molecule has 0 spiro atoms. The minimum Gasteiger partial charge on any atom is -0.344 e. The van der Waals surface area contributed by atoms with Gasteiger partial charge >= 0.3 is 0 Å². The second kappa shape index (κ2) is 40.5. The molecule has 0 aliphatic heterocycles. The van der Waals surface area contributed by atoms with E-state index in [0.29, 0.717) is 0 Å². The lowest BCUT2D eigenvalue weighted by atomic mass is 11.4. The number of hydrogen-bond donors (Lipinski definition) is 2. The van der Waals surface area contributed by atoms with Gasteiger partial charge < -0.3 is 12.3 Å². The summed E-state index contributed by atoms with van der Waals surface area (Å²) in [6.07, 6.45) is 16.0. The fourth-order valence-corrected chi connectivity index (χ4v) is 0. The lowest BCUT2D eigenvalue weighted by molar-refractivity contribution is 2.13. The third-order valence-corrected chi connectivity index (χ3v) is 0. The SMILES string of the molecule is C#C.C#C.N.N. The molecule has 0 aromatic heterocycles. The van der Waals surface area contributed by atoms with Crippen molar-refractivity contribution in [3.8, 4) is 25.7 Å². The molecule has 2 nitrogen and oxygen atoms in total. The van der Waals surface area contributed by atoms with Crippen molar-refractivity contribution in [3.05, 3.63) is 0 Å². The van der Waals surface area contributed by atoms with E-state index in [4.69, 9.17) is 0 Å². The maximum absolute atomic E-state index is 4.00. The van der Waals surface area contributed by atoms with E-state index in [1.807, 2.05) is 0 Å². The Morgan fingerprint density at radius 1 is 0.500 bits per heavy atom. The van der Waals surface area contributed by atoms with Crippen LogP contribution in [0.5, 0.6) is 0 Å². The zero-order valence-electron chi connectivity index (χ0n) is 3.72. The maximum atomic E-state index is 4.00. The van der Waals surface area contributed by atoms with Crippen molar-refractivity contribution in [3.63, 3.8) is 0 Å². The molecule has 0 heterocycles. The van der Waals surface area contributed by atoms with Crippen molar-refractivity contribution >= 4 is 0 Å². The monoisotopic (exact) mass is 86.1 g/mol. The van der Waals surface area contributed by atoms with Gasteiger partial charge in [-0.15, -0.1) is 25.7 Å². The van der Waals surface area contributed by atoms with Crippen LogP contribution >= 0.6 is 0 Å². The Balaban J connectivity index is -0.00000000500. The highest BCUT2D eigenvalue weighted by Crippen LogP contribution is 0.581. The van der Waals surface area contributed by atoms with E-state index in [1.165, 1.54) is 0 Å². The molecule has 0 amide bonds. The van der Waals surface area contributed by atoms with E-state index in [2.05, 4.69) is 25.7 Å². The highest BCUT2D eigenvalue weighted by molar-refractivity contribution is 4.47. The summed E-state index contributed by atoms with van der Waals surface area (Å²) in [5.41, 5.74) is 0. The van der Waals surface area contributed by atoms with E-state index in [0.717, 1.165) is 0 Å². The van der Waals surface area contributed by atoms with Crippen molar-refractivity contribution in [2.24, 2.45) is 0 Å². The van der Waals surface area contributed by atoms with Crippen molar-refractivity contribution in [1.29, 1.82) is 0 Å². The molecule has 0 atom stereocenters. The van der Waals surface area contributed by atoms with Crippen molar-refractivity contribution in [2.45, 2.75) is 0 Å². The molecule has 2 heteroatoms. The summed E-state index contributed by atoms with van der Waals surface area (Å²) in [4.78, 5) is 0. The molecular formula is C4H10N2. The average molecular weight is 86.1 g/mol. The number of terminal acetylenes is 2. The molecule has 36 valence electrons. The normalized spacial score (nSPS) is 0.667.